The van der Waals surface area contributed by atoms with Crippen LogP contribution >= 0.6 is 0 Å². The molecule has 1 fully saturated rings. The average molecular weight is 334 g/mol. The first-order chi connectivity index (χ1) is 11.6. The van der Waals surface area contributed by atoms with E-state index in [1.807, 2.05) is 35.2 Å². The Morgan fingerprint density at radius 3 is 2.83 bits per heavy atom. The van der Waals surface area contributed by atoms with Crippen molar-refractivity contribution in [2.45, 2.75) is 51.2 Å². The summed E-state index contributed by atoms with van der Waals surface area (Å²) in [5.41, 5.74) is 1.14. The smallest absolute Gasteiger partial charge is 0.317 e. The maximum atomic E-state index is 12.5. The van der Waals surface area contributed by atoms with E-state index < -0.39 is 6.10 Å². The molecule has 5 nitrogen and oxygen atoms in total. The van der Waals surface area contributed by atoms with Gasteiger partial charge in [0.1, 0.15) is 0 Å². The van der Waals surface area contributed by atoms with Gasteiger partial charge < -0.3 is 20.1 Å². The van der Waals surface area contributed by atoms with Gasteiger partial charge in [-0.3, -0.25) is 0 Å². The fourth-order valence-corrected chi connectivity index (χ4v) is 3.20. The Morgan fingerprint density at radius 1 is 1.42 bits per heavy atom. The predicted octanol–water partition coefficient (Wildman–Crippen LogP) is 2.75. The highest BCUT2D eigenvalue weighted by atomic mass is 16.5. The van der Waals surface area contributed by atoms with Gasteiger partial charge in [0.2, 0.25) is 0 Å². The number of aliphatic hydroxyl groups excluding tert-OH is 1. The van der Waals surface area contributed by atoms with Gasteiger partial charge in [-0.25, -0.2) is 4.79 Å². The number of rotatable bonds is 7. The minimum absolute atomic E-state index is 0.0362. The molecule has 3 unspecified atom stereocenters. The lowest BCUT2D eigenvalue weighted by Crippen LogP contribution is -2.50. The number of carbonyl (C=O) groups is 1. The minimum Gasteiger partial charge on any atom is -0.393 e. The van der Waals surface area contributed by atoms with E-state index >= 15 is 0 Å². The predicted molar refractivity (Wildman–Crippen MR) is 95.1 cm³/mol. The summed E-state index contributed by atoms with van der Waals surface area (Å²) in [4.78, 5) is 14.3. The molecule has 1 aliphatic rings. The van der Waals surface area contributed by atoms with Crippen molar-refractivity contribution >= 4 is 6.03 Å². The molecule has 24 heavy (non-hydrogen) atoms. The molecule has 0 spiro atoms. The number of aliphatic hydroxyl groups is 1. The molecular formula is C19H30N2O3. The van der Waals surface area contributed by atoms with Gasteiger partial charge in [0, 0.05) is 25.6 Å². The van der Waals surface area contributed by atoms with Crippen LogP contribution in [0.1, 0.15) is 44.6 Å². The normalized spacial score (nSPS) is 20.5. The topological polar surface area (TPSA) is 61.8 Å². The van der Waals surface area contributed by atoms with Gasteiger partial charge in [0.15, 0.2) is 0 Å². The van der Waals surface area contributed by atoms with Gasteiger partial charge >= 0.3 is 6.03 Å². The first-order valence-electron chi connectivity index (χ1n) is 8.97. The van der Waals surface area contributed by atoms with Crippen molar-refractivity contribution in [3.05, 3.63) is 35.9 Å². The van der Waals surface area contributed by atoms with Crippen LogP contribution in [0.5, 0.6) is 0 Å². The third kappa shape index (κ3) is 5.80. The number of amides is 2. The fraction of sp³-hybridized carbons (Fsp3) is 0.632. The lowest BCUT2D eigenvalue weighted by Gasteiger charge is -2.33. The maximum Gasteiger partial charge on any atom is 0.317 e. The molecule has 2 rings (SSSR count). The second kappa shape index (κ2) is 9.64. The molecule has 2 amide bonds. The third-order valence-electron chi connectivity index (χ3n) is 4.43. The third-order valence-corrected chi connectivity index (χ3v) is 4.43. The second-order valence-electron chi connectivity index (χ2n) is 6.61. The summed E-state index contributed by atoms with van der Waals surface area (Å²) in [5.74, 6) is 0.114. The molecule has 1 aliphatic heterocycles. The Kier molecular flexibility index (Phi) is 7.53. The largest absolute Gasteiger partial charge is 0.393 e. The molecular weight excluding hydrogens is 304 g/mol. The van der Waals surface area contributed by atoms with E-state index in [9.17, 15) is 9.90 Å². The summed E-state index contributed by atoms with van der Waals surface area (Å²) in [6.07, 6.45) is 2.43. The number of morpholine rings is 1. The monoisotopic (exact) mass is 334 g/mol. The SMILES string of the molecule is CCCC1CN(C(=O)NCC(CC(C)O)c2ccccc2)CCO1. The minimum atomic E-state index is -0.399. The van der Waals surface area contributed by atoms with Gasteiger partial charge in [0.25, 0.3) is 0 Å². The summed E-state index contributed by atoms with van der Waals surface area (Å²) < 4.78 is 5.69. The maximum absolute atomic E-state index is 12.5. The summed E-state index contributed by atoms with van der Waals surface area (Å²) in [7, 11) is 0. The van der Waals surface area contributed by atoms with Crippen LogP contribution in [0, 0.1) is 0 Å². The van der Waals surface area contributed by atoms with E-state index in [4.69, 9.17) is 4.74 Å². The number of benzene rings is 1. The Hall–Kier alpha value is -1.59. The van der Waals surface area contributed by atoms with E-state index in [1.165, 1.54) is 0 Å². The van der Waals surface area contributed by atoms with Crippen molar-refractivity contribution in [1.82, 2.24) is 10.2 Å². The first kappa shape index (κ1) is 18.7. The van der Waals surface area contributed by atoms with Crippen LogP contribution in [-0.2, 0) is 4.74 Å². The fourth-order valence-electron chi connectivity index (χ4n) is 3.20. The number of hydrogen-bond donors (Lipinski definition) is 2. The molecule has 1 heterocycles. The second-order valence-corrected chi connectivity index (χ2v) is 6.61. The standard InChI is InChI=1S/C19H30N2O3/c1-3-7-18-14-21(10-11-24-18)19(23)20-13-17(12-15(2)22)16-8-5-4-6-9-16/h4-6,8-9,15,17-18,22H,3,7,10-14H2,1-2H3,(H,20,23). The molecule has 134 valence electrons. The Morgan fingerprint density at radius 2 is 2.17 bits per heavy atom. The molecule has 1 saturated heterocycles. The van der Waals surface area contributed by atoms with Crippen LogP contribution in [0.2, 0.25) is 0 Å². The Bertz CT molecular complexity index is 491. The molecule has 1 aromatic carbocycles. The molecule has 0 bridgehead atoms. The van der Waals surface area contributed by atoms with Crippen LogP contribution in [-0.4, -0.2) is 54.5 Å². The molecule has 0 radical (unpaired) electrons. The average Bonchev–Trinajstić information content (AvgIpc) is 2.59. The molecule has 0 saturated carbocycles. The quantitative estimate of drug-likeness (QED) is 0.806. The molecule has 5 heteroatoms. The number of urea groups is 1. The van der Waals surface area contributed by atoms with E-state index in [0.717, 1.165) is 18.4 Å². The van der Waals surface area contributed by atoms with E-state index in [2.05, 4.69) is 12.2 Å². The van der Waals surface area contributed by atoms with Crippen molar-refractivity contribution in [2.75, 3.05) is 26.2 Å². The molecule has 2 N–H and O–H groups in total. The van der Waals surface area contributed by atoms with Crippen LogP contribution in [0.4, 0.5) is 4.79 Å². The summed E-state index contributed by atoms with van der Waals surface area (Å²) in [6, 6.07) is 10.0. The number of carbonyl (C=O) groups excluding carboxylic acids is 1. The Balaban J connectivity index is 1.89. The van der Waals surface area contributed by atoms with E-state index in [1.54, 1.807) is 6.92 Å². The van der Waals surface area contributed by atoms with Crippen LogP contribution in [0.3, 0.4) is 0 Å². The van der Waals surface area contributed by atoms with Crippen molar-refractivity contribution in [3.63, 3.8) is 0 Å². The number of nitrogens with one attached hydrogen (secondary N) is 1. The number of hydrogen-bond acceptors (Lipinski definition) is 3. The van der Waals surface area contributed by atoms with Crippen molar-refractivity contribution in [2.24, 2.45) is 0 Å². The molecule has 3 atom stereocenters. The van der Waals surface area contributed by atoms with Crippen molar-refractivity contribution in [1.29, 1.82) is 0 Å². The lowest BCUT2D eigenvalue weighted by atomic mass is 9.93. The summed E-state index contributed by atoms with van der Waals surface area (Å²) in [6.45, 7) is 6.35. The van der Waals surface area contributed by atoms with Gasteiger partial charge in [-0.1, -0.05) is 43.7 Å². The zero-order chi connectivity index (χ0) is 17.4. The molecule has 0 aromatic heterocycles. The van der Waals surface area contributed by atoms with Gasteiger partial charge in [0.05, 0.1) is 18.8 Å². The van der Waals surface area contributed by atoms with Crippen LogP contribution in [0.25, 0.3) is 0 Å². The van der Waals surface area contributed by atoms with E-state index in [-0.39, 0.29) is 18.1 Å². The van der Waals surface area contributed by atoms with Crippen molar-refractivity contribution in [3.8, 4) is 0 Å². The zero-order valence-electron chi connectivity index (χ0n) is 14.8. The number of ether oxygens (including phenoxy) is 1. The molecule has 1 aromatic rings. The van der Waals surface area contributed by atoms with Gasteiger partial charge in [-0.2, -0.15) is 0 Å². The highest BCUT2D eigenvalue weighted by Gasteiger charge is 2.24. The van der Waals surface area contributed by atoms with E-state index in [0.29, 0.717) is 32.7 Å². The van der Waals surface area contributed by atoms with Crippen LogP contribution < -0.4 is 5.32 Å². The summed E-state index contributed by atoms with van der Waals surface area (Å²) >= 11 is 0. The van der Waals surface area contributed by atoms with Crippen molar-refractivity contribution < 1.29 is 14.6 Å². The highest BCUT2D eigenvalue weighted by Crippen LogP contribution is 2.20. The number of nitrogens with zero attached hydrogens (tertiary/aromatic N) is 1. The highest BCUT2D eigenvalue weighted by molar-refractivity contribution is 5.74. The lowest BCUT2D eigenvalue weighted by molar-refractivity contribution is -0.0181. The first-order valence-corrected chi connectivity index (χ1v) is 8.97. The van der Waals surface area contributed by atoms with Gasteiger partial charge in [-0.05, 0) is 25.3 Å². The van der Waals surface area contributed by atoms with Crippen LogP contribution in [0.15, 0.2) is 30.3 Å². The van der Waals surface area contributed by atoms with Gasteiger partial charge in [-0.15, -0.1) is 0 Å². The molecule has 0 aliphatic carbocycles. The zero-order valence-corrected chi connectivity index (χ0v) is 14.8. The Labute approximate surface area is 145 Å². The summed E-state index contributed by atoms with van der Waals surface area (Å²) in [5, 5.41) is 12.8.